The van der Waals surface area contributed by atoms with Crippen molar-refractivity contribution in [1.29, 1.82) is 0 Å². The van der Waals surface area contributed by atoms with E-state index in [0.29, 0.717) is 23.6 Å². The highest BCUT2D eigenvalue weighted by molar-refractivity contribution is 5.64. The van der Waals surface area contributed by atoms with Gasteiger partial charge in [0.2, 0.25) is 23.6 Å². The van der Waals surface area contributed by atoms with Gasteiger partial charge in [0.1, 0.15) is 11.5 Å². The van der Waals surface area contributed by atoms with Crippen LogP contribution >= 0.6 is 0 Å². The SMILES string of the molecule is CCCCCCCCCCCCOc1ccc(-c2nnc(-c3ccc(-c4nnc(-c5ccc(OCCCCCCCCCCCC)cc5)o4)cc3)o2)cc1. The summed E-state index contributed by atoms with van der Waals surface area (Å²) in [5, 5.41) is 17.1. The normalized spacial score (nSPS) is 11.3. The summed E-state index contributed by atoms with van der Waals surface area (Å²) in [5.74, 6) is 3.53. The first kappa shape index (κ1) is 40.7. The van der Waals surface area contributed by atoms with Crippen LogP contribution in [0.1, 0.15) is 142 Å². The van der Waals surface area contributed by atoms with Gasteiger partial charge in [0.05, 0.1) is 13.2 Å². The van der Waals surface area contributed by atoms with Gasteiger partial charge in [-0.15, -0.1) is 20.4 Å². The van der Waals surface area contributed by atoms with Gasteiger partial charge in [-0.2, -0.15) is 0 Å². The first-order chi connectivity index (χ1) is 26.7. The molecule has 0 unspecified atom stereocenters. The summed E-state index contributed by atoms with van der Waals surface area (Å²) in [5.41, 5.74) is 3.32. The molecule has 0 aliphatic carbocycles. The minimum atomic E-state index is 0.444. The van der Waals surface area contributed by atoms with Gasteiger partial charge in [0.15, 0.2) is 0 Å². The molecule has 2 aromatic heterocycles. The van der Waals surface area contributed by atoms with Gasteiger partial charge < -0.3 is 18.3 Å². The van der Waals surface area contributed by atoms with Crippen molar-refractivity contribution < 1.29 is 18.3 Å². The van der Waals surface area contributed by atoms with Crippen molar-refractivity contribution in [3.63, 3.8) is 0 Å². The van der Waals surface area contributed by atoms with Crippen molar-refractivity contribution in [1.82, 2.24) is 20.4 Å². The Labute approximate surface area is 323 Å². The molecule has 3 aromatic carbocycles. The maximum absolute atomic E-state index is 6.02. The van der Waals surface area contributed by atoms with Crippen molar-refractivity contribution in [3.8, 4) is 57.3 Å². The van der Waals surface area contributed by atoms with Gasteiger partial charge in [0, 0.05) is 22.3 Å². The summed E-state index contributed by atoms with van der Waals surface area (Å²) in [6.45, 7) is 6.02. The fourth-order valence-corrected chi connectivity index (χ4v) is 6.61. The number of aromatic nitrogens is 4. The number of hydrogen-bond acceptors (Lipinski definition) is 8. The molecule has 0 aliphatic heterocycles. The molecular weight excluding hydrogens is 673 g/mol. The van der Waals surface area contributed by atoms with Gasteiger partial charge in [0.25, 0.3) is 0 Å². The second kappa shape index (κ2) is 24.0. The van der Waals surface area contributed by atoms with Crippen LogP contribution in [0.5, 0.6) is 11.5 Å². The van der Waals surface area contributed by atoms with Crippen LogP contribution in [-0.2, 0) is 0 Å². The fourth-order valence-electron chi connectivity index (χ4n) is 6.61. The summed E-state index contributed by atoms with van der Waals surface area (Å²) in [4.78, 5) is 0. The van der Waals surface area contributed by atoms with Crippen LogP contribution in [0.15, 0.2) is 81.6 Å². The molecule has 0 saturated heterocycles. The average Bonchev–Trinajstić information content (AvgIpc) is 3.91. The lowest BCUT2D eigenvalue weighted by Crippen LogP contribution is -1.97. The monoisotopic (exact) mass is 734 g/mol. The van der Waals surface area contributed by atoms with Crippen molar-refractivity contribution >= 4 is 0 Å². The molecule has 0 bridgehead atoms. The molecule has 2 heterocycles. The van der Waals surface area contributed by atoms with Crippen molar-refractivity contribution in [2.75, 3.05) is 13.2 Å². The molecule has 5 rings (SSSR count). The summed E-state index contributed by atoms with van der Waals surface area (Å²) >= 11 is 0. The third-order valence-corrected chi connectivity index (χ3v) is 9.96. The van der Waals surface area contributed by atoms with E-state index in [2.05, 4.69) is 34.2 Å². The van der Waals surface area contributed by atoms with Crippen molar-refractivity contribution in [3.05, 3.63) is 72.8 Å². The first-order valence-corrected chi connectivity index (χ1v) is 21.0. The van der Waals surface area contributed by atoms with Crippen LogP contribution in [0.3, 0.4) is 0 Å². The highest BCUT2D eigenvalue weighted by atomic mass is 16.5. The summed E-state index contributed by atoms with van der Waals surface area (Å²) in [6.07, 6.45) is 26.3. The lowest BCUT2D eigenvalue weighted by molar-refractivity contribution is 0.304. The number of unbranched alkanes of at least 4 members (excludes halogenated alkanes) is 18. The Morgan fingerprint density at radius 3 is 0.852 bits per heavy atom. The van der Waals surface area contributed by atoms with Crippen LogP contribution in [0.25, 0.3) is 45.8 Å². The van der Waals surface area contributed by atoms with Gasteiger partial charge in [-0.3, -0.25) is 0 Å². The number of hydrogen-bond donors (Lipinski definition) is 0. The lowest BCUT2D eigenvalue weighted by Gasteiger charge is -2.06. The Balaban J connectivity index is 0.999. The van der Waals surface area contributed by atoms with E-state index in [1.54, 1.807) is 0 Å². The number of rotatable bonds is 28. The maximum Gasteiger partial charge on any atom is 0.248 e. The molecule has 0 fully saturated rings. The molecule has 0 saturated carbocycles. The quantitative estimate of drug-likeness (QED) is 0.0469. The molecule has 0 spiro atoms. The molecule has 290 valence electrons. The maximum atomic E-state index is 6.02. The molecular formula is C46H62N4O4. The van der Waals surface area contributed by atoms with E-state index in [0.717, 1.165) is 59.8 Å². The Kier molecular flexibility index (Phi) is 18.1. The molecule has 54 heavy (non-hydrogen) atoms. The Bertz CT molecular complexity index is 1570. The molecule has 8 heteroatoms. The number of ether oxygens (including phenoxy) is 2. The van der Waals surface area contributed by atoms with Crippen molar-refractivity contribution in [2.45, 2.75) is 142 Å². The molecule has 0 N–H and O–H groups in total. The van der Waals surface area contributed by atoms with Crippen molar-refractivity contribution in [2.24, 2.45) is 0 Å². The van der Waals surface area contributed by atoms with E-state index < -0.39 is 0 Å². The van der Waals surface area contributed by atoms with E-state index in [9.17, 15) is 0 Å². The molecule has 0 atom stereocenters. The van der Waals surface area contributed by atoms with Gasteiger partial charge >= 0.3 is 0 Å². The third-order valence-electron chi connectivity index (χ3n) is 9.96. The summed E-state index contributed by atoms with van der Waals surface area (Å²) in [6, 6.07) is 23.4. The van der Waals surface area contributed by atoms with E-state index in [4.69, 9.17) is 18.3 Å². The average molecular weight is 735 g/mol. The fraction of sp³-hybridized carbons (Fsp3) is 0.522. The third kappa shape index (κ3) is 14.1. The minimum absolute atomic E-state index is 0.444. The van der Waals surface area contributed by atoms with E-state index in [1.165, 1.54) is 116 Å². The Hall–Kier alpha value is -4.46. The van der Waals surface area contributed by atoms with Gasteiger partial charge in [-0.25, -0.2) is 0 Å². The van der Waals surface area contributed by atoms with E-state index in [1.807, 2.05) is 72.8 Å². The summed E-state index contributed by atoms with van der Waals surface area (Å²) < 4.78 is 24.0. The second-order valence-corrected chi connectivity index (χ2v) is 14.5. The molecule has 0 amide bonds. The Morgan fingerprint density at radius 2 is 0.574 bits per heavy atom. The highest BCUT2D eigenvalue weighted by Gasteiger charge is 2.14. The molecule has 0 aliphatic rings. The smallest absolute Gasteiger partial charge is 0.248 e. The predicted octanol–water partition coefficient (Wildman–Crippen LogP) is 13.7. The van der Waals surface area contributed by atoms with Crippen LogP contribution in [0.4, 0.5) is 0 Å². The number of benzene rings is 3. The summed E-state index contributed by atoms with van der Waals surface area (Å²) in [7, 11) is 0. The first-order valence-electron chi connectivity index (χ1n) is 21.0. The zero-order chi connectivity index (χ0) is 37.5. The van der Waals surface area contributed by atoms with Crippen LogP contribution in [0.2, 0.25) is 0 Å². The van der Waals surface area contributed by atoms with Crippen LogP contribution in [0, 0.1) is 0 Å². The van der Waals surface area contributed by atoms with Crippen LogP contribution < -0.4 is 9.47 Å². The lowest BCUT2D eigenvalue weighted by atomic mass is 10.1. The predicted molar refractivity (Wildman–Crippen MR) is 219 cm³/mol. The van der Waals surface area contributed by atoms with Gasteiger partial charge in [-0.05, 0) is 85.6 Å². The van der Waals surface area contributed by atoms with E-state index >= 15 is 0 Å². The topological polar surface area (TPSA) is 96.3 Å². The molecule has 8 nitrogen and oxygen atoms in total. The number of nitrogens with zero attached hydrogens (tertiary/aromatic N) is 4. The second-order valence-electron chi connectivity index (χ2n) is 14.5. The zero-order valence-electron chi connectivity index (χ0n) is 32.9. The molecule has 5 aromatic rings. The minimum Gasteiger partial charge on any atom is -0.494 e. The standard InChI is InChI=1S/C46H62N4O4/c1-3-5-7-9-11-13-15-17-19-21-35-51-41-31-27-39(28-32-41)45-49-47-43(53-45)37-23-25-38(26-24-37)44-48-50-46(54-44)40-29-33-42(34-30-40)52-36-22-20-18-16-14-12-10-8-6-4-2/h23-34H,3-22,35-36H2,1-2H3. The van der Waals surface area contributed by atoms with Gasteiger partial charge in [-0.1, -0.05) is 129 Å². The van der Waals surface area contributed by atoms with Crippen LogP contribution in [-0.4, -0.2) is 33.6 Å². The largest absolute Gasteiger partial charge is 0.494 e. The van der Waals surface area contributed by atoms with E-state index in [-0.39, 0.29) is 0 Å². The molecule has 0 radical (unpaired) electrons. The highest BCUT2D eigenvalue weighted by Crippen LogP contribution is 2.29. The Morgan fingerprint density at radius 1 is 0.333 bits per heavy atom. The zero-order valence-corrected chi connectivity index (χ0v) is 32.9.